The van der Waals surface area contributed by atoms with Gasteiger partial charge in [-0.1, -0.05) is 30.3 Å². The van der Waals surface area contributed by atoms with Crippen molar-refractivity contribution in [1.82, 2.24) is 0 Å². The van der Waals surface area contributed by atoms with Gasteiger partial charge in [0.1, 0.15) is 6.54 Å². The molecule has 0 bridgehead atoms. The Morgan fingerprint density at radius 1 is 1.33 bits per heavy atom. The minimum Gasteiger partial charge on any atom is -0.324 e. The minimum absolute atomic E-state index is 0.754. The Morgan fingerprint density at radius 3 is 2.89 bits per heavy atom. The zero-order chi connectivity index (χ0) is 12.8. The smallest absolute Gasteiger partial charge is 0.101 e. The summed E-state index contributed by atoms with van der Waals surface area (Å²) in [4.78, 5) is 0. The Labute approximate surface area is 110 Å². The molecular formula is C17H22N+. The number of rotatable bonds is 2. The molecule has 18 heavy (non-hydrogen) atoms. The first kappa shape index (κ1) is 11.7. The molecule has 0 radical (unpaired) electrons. The second-order valence-corrected chi connectivity index (χ2v) is 6.33. The highest BCUT2D eigenvalue weighted by molar-refractivity contribution is 5.75. The van der Waals surface area contributed by atoms with Crippen LogP contribution < -0.4 is 0 Å². The molecule has 3 rings (SSSR count). The van der Waals surface area contributed by atoms with Crippen LogP contribution in [0, 0.1) is 5.92 Å². The SMILES string of the molecule is C=CCC1=C2C[N+](C)(C)CC2Cc2ccccc21. The number of nitrogens with zero attached hydrogens (tertiary/aromatic N) is 1. The van der Waals surface area contributed by atoms with Crippen LogP contribution in [0.15, 0.2) is 42.5 Å². The lowest BCUT2D eigenvalue weighted by molar-refractivity contribution is -0.877. The topological polar surface area (TPSA) is 0 Å². The molecule has 0 N–H and O–H groups in total. The Kier molecular flexibility index (Phi) is 2.67. The van der Waals surface area contributed by atoms with Crippen molar-refractivity contribution in [3.05, 3.63) is 53.6 Å². The summed E-state index contributed by atoms with van der Waals surface area (Å²) in [5.41, 5.74) is 6.26. The molecule has 1 fully saturated rings. The molecule has 0 spiro atoms. The predicted octanol–water partition coefficient (Wildman–Crippen LogP) is 3.28. The van der Waals surface area contributed by atoms with E-state index in [1.807, 2.05) is 0 Å². The molecule has 1 heterocycles. The van der Waals surface area contributed by atoms with Crippen LogP contribution in [0.25, 0.3) is 5.57 Å². The summed E-state index contributed by atoms with van der Waals surface area (Å²) in [7, 11) is 4.70. The number of allylic oxidation sites excluding steroid dienone is 2. The number of hydrogen-bond acceptors (Lipinski definition) is 0. The monoisotopic (exact) mass is 240 g/mol. The number of likely N-dealkylation sites (N-methyl/N-ethyl adjacent to an activating group) is 1. The maximum atomic E-state index is 3.94. The van der Waals surface area contributed by atoms with Gasteiger partial charge in [0.25, 0.3) is 0 Å². The third-order valence-electron chi connectivity index (χ3n) is 4.35. The highest BCUT2D eigenvalue weighted by atomic mass is 15.3. The summed E-state index contributed by atoms with van der Waals surface area (Å²) in [6, 6.07) is 8.92. The van der Waals surface area contributed by atoms with Crippen LogP contribution in [0.5, 0.6) is 0 Å². The number of hydrogen-bond donors (Lipinski definition) is 0. The van der Waals surface area contributed by atoms with E-state index in [-0.39, 0.29) is 0 Å². The van der Waals surface area contributed by atoms with Crippen LogP contribution in [-0.2, 0) is 6.42 Å². The first-order valence-electron chi connectivity index (χ1n) is 6.84. The Bertz CT molecular complexity index is 522. The first-order chi connectivity index (χ1) is 8.61. The number of quaternary nitrogens is 1. The fourth-order valence-electron chi connectivity index (χ4n) is 3.71. The van der Waals surface area contributed by atoms with Crippen molar-refractivity contribution < 1.29 is 4.48 Å². The van der Waals surface area contributed by atoms with Gasteiger partial charge < -0.3 is 4.48 Å². The van der Waals surface area contributed by atoms with Crippen molar-refractivity contribution in [2.45, 2.75) is 12.8 Å². The Hall–Kier alpha value is -1.34. The van der Waals surface area contributed by atoms with Crippen molar-refractivity contribution in [3.63, 3.8) is 0 Å². The van der Waals surface area contributed by atoms with Gasteiger partial charge in [0.15, 0.2) is 0 Å². The fraction of sp³-hybridized carbons (Fsp3) is 0.412. The van der Waals surface area contributed by atoms with Gasteiger partial charge in [-0.3, -0.25) is 0 Å². The summed E-state index contributed by atoms with van der Waals surface area (Å²) in [6.45, 7) is 6.43. The average Bonchev–Trinajstić information content (AvgIpc) is 2.63. The van der Waals surface area contributed by atoms with Crippen LogP contribution in [0.2, 0.25) is 0 Å². The number of benzene rings is 1. The molecule has 1 saturated heterocycles. The Balaban J connectivity index is 2.12. The minimum atomic E-state index is 0.754. The summed E-state index contributed by atoms with van der Waals surface area (Å²) >= 11 is 0. The zero-order valence-electron chi connectivity index (χ0n) is 11.4. The van der Waals surface area contributed by atoms with Gasteiger partial charge in [-0.05, 0) is 35.1 Å². The lowest BCUT2D eigenvalue weighted by atomic mass is 9.79. The summed E-state index contributed by atoms with van der Waals surface area (Å²) in [5.74, 6) is 0.754. The van der Waals surface area contributed by atoms with Gasteiger partial charge in [0, 0.05) is 5.92 Å². The van der Waals surface area contributed by atoms with Crippen LogP contribution >= 0.6 is 0 Å². The molecule has 1 heteroatoms. The molecule has 0 saturated carbocycles. The third kappa shape index (κ3) is 1.83. The molecule has 1 aromatic carbocycles. The van der Waals surface area contributed by atoms with Crippen LogP contribution in [0.3, 0.4) is 0 Å². The lowest BCUT2D eigenvalue weighted by Crippen LogP contribution is -2.36. The van der Waals surface area contributed by atoms with Gasteiger partial charge in [-0.25, -0.2) is 0 Å². The van der Waals surface area contributed by atoms with E-state index >= 15 is 0 Å². The van der Waals surface area contributed by atoms with E-state index in [0.29, 0.717) is 0 Å². The van der Waals surface area contributed by atoms with Gasteiger partial charge in [-0.15, -0.1) is 6.58 Å². The molecule has 1 aromatic rings. The lowest BCUT2D eigenvalue weighted by Gasteiger charge is -2.23. The van der Waals surface area contributed by atoms with Gasteiger partial charge in [-0.2, -0.15) is 0 Å². The zero-order valence-corrected chi connectivity index (χ0v) is 11.4. The number of likely N-dealkylation sites (tertiary alicyclic amines) is 1. The summed E-state index contributed by atoms with van der Waals surface area (Å²) in [5, 5.41) is 0. The van der Waals surface area contributed by atoms with Gasteiger partial charge in [0.2, 0.25) is 0 Å². The van der Waals surface area contributed by atoms with Crippen molar-refractivity contribution in [2.75, 3.05) is 27.2 Å². The summed E-state index contributed by atoms with van der Waals surface area (Å²) < 4.78 is 1.13. The normalized spacial score (nSPS) is 24.7. The first-order valence-corrected chi connectivity index (χ1v) is 6.84. The van der Waals surface area contributed by atoms with E-state index in [0.717, 1.165) is 16.8 Å². The third-order valence-corrected chi connectivity index (χ3v) is 4.35. The van der Waals surface area contributed by atoms with Crippen LogP contribution in [-0.4, -0.2) is 31.7 Å². The molecule has 1 atom stereocenters. The molecule has 0 aromatic heterocycles. The number of fused-ring (bicyclic) bond motifs is 2. The molecule has 1 aliphatic heterocycles. The van der Waals surface area contributed by atoms with E-state index in [9.17, 15) is 0 Å². The molecule has 0 amide bonds. The summed E-state index contributed by atoms with van der Waals surface area (Å²) in [6.07, 6.45) is 4.30. The second-order valence-electron chi connectivity index (χ2n) is 6.33. The quantitative estimate of drug-likeness (QED) is 0.550. The molecule has 1 nitrogen and oxygen atoms in total. The van der Waals surface area contributed by atoms with Gasteiger partial charge >= 0.3 is 0 Å². The van der Waals surface area contributed by atoms with Crippen molar-refractivity contribution >= 4 is 5.57 Å². The van der Waals surface area contributed by atoms with Crippen molar-refractivity contribution in [3.8, 4) is 0 Å². The highest BCUT2D eigenvalue weighted by Gasteiger charge is 2.39. The molecule has 1 unspecified atom stereocenters. The second kappa shape index (κ2) is 4.10. The van der Waals surface area contributed by atoms with Crippen molar-refractivity contribution in [1.29, 1.82) is 0 Å². The molecule has 94 valence electrons. The van der Waals surface area contributed by atoms with E-state index in [1.54, 1.807) is 11.1 Å². The van der Waals surface area contributed by atoms with Gasteiger partial charge in [0.05, 0.1) is 20.6 Å². The van der Waals surface area contributed by atoms with E-state index in [1.165, 1.54) is 30.6 Å². The maximum Gasteiger partial charge on any atom is 0.101 e. The van der Waals surface area contributed by atoms with Crippen molar-refractivity contribution in [2.24, 2.45) is 5.92 Å². The average molecular weight is 240 g/mol. The Morgan fingerprint density at radius 2 is 2.11 bits per heavy atom. The fourth-order valence-corrected chi connectivity index (χ4v) is 3.71. The van der Waals surface area contributed by atoms with E-state index in [4.69, 9.17) is 0 Å². The standard InChI is InChI=1S/C17H22N/c1-4-7-16-15-9-6-5-8-13(15)10-14-11-18(2,3)12-17(14)16/h4-6,8-9,14H,1,7,10-12H2,2-3H3/q+1. The maximum absolute atomic E-state index is 3.94. The highest BCUT2D eigenvalue weighted by Crippen LogP contribution is 2.41. The molecule has 2 aliphatic rings. The molecular weight excluding hydrogens is 218 g/mol. The molecule has 1 aliphatic carbocycles. The largest absolute Gasteiger partial charge is 0.324 e. The van der Waals surface area contributed by atoms with Crippen LogP contribution in [0.1, 0.15) is 17.5 Å². The van der Waals surface area contributed by atoms with Crippen LogP contribution in [0.4, 0.5) is 0 Å². The van der Waals surface area contributed by atoms with E-state index < -0.39 is 0 Å². The predicted molar refractivity (Wildman–Crippen MR) is 77.2 cm³/mol. The van der Waals surface area contributed by atoms with E-state index in [2.05, 4.69) is 51.0 Å².